The quantitative estimate of drug-likeness (QED) is 0.0679. The van der Waals surface area contributed by atoms with Gasteiger partial charge >= 0.3 is 29.0 Å². The number of hydrogen-bond acceptors (Lipinski definition) is 20. The van der Waals surface area contributed by atoms with E-state index in [-0.39, 0.29) is 52.2 Å². The smallest absolute Gasteiger partial charge is 0.477 e. The van der Waals surface area contributed by atoms with E-state index in [0.717, 1.165) is 39.3 Å². The number of carbonyl (C=O) groups is 2. The maximum absolute atomic E-state index is 11.2. The summed E-state index contributed by atoms with van der Waals surface area (Å²) in [6, 6.07) is 0. The van der Waals surface area contributed by atoms with Gasteiger partial charge in [-0.2, -0.15) is 0 Å². The van der Waals surface area contributed by atoms with E-state index in [1.165, 1.54) is 0 Å². The van der Waals surface area contributed by atoms with Gasteiger partial charge in [-0.3, -0.25) is 0 Å². The average Bonchev–Trinajstić information content (AvgIpc) is 2.90. The molecule has 3 heterocycles. The van der Waals surface area contributed by atoms with Crippen molar-refractivity contribution in [1.29, 1.82) is 0 Å². The van der Waals surface area contributed by atoms with E-state index in [0.29, 0.717) is 39.3 Å². The molecule has 0 amide bonds. The van der Waals surface area contributed by atoms with Gasteiger partial charge < -0.3 is 125 Å². The first-order valence-corrected chi connectivity index (χ1v) is 13.0. The van der Waals surface area contributed by atoms with Crippen LogP contribution < -0.4 is 42.5 Å². The Kier molecular flexibility index (Phi) is 41.0. The summed E-state index contributed by atoms with van der Waals surface area (Å²) in [6.07, 6.45) is 0. The van der Waals surface area contributed by atoms with Crippen LogP contribution in [0, 0.1) is 61.3 Å². The minimum Gasteiger partial charge on any atom is -0.477 e. The number of nitrogens with zero attached hydrogens (tertiary/aromatic N) is 4. The summed E-state index contributed by atoms with van der Waals surface area (Å²) in [4.78, 5) is 55.4. The van der Waals surface area contributed by atoms with Crippen molar-refractivity contribution in [2.45, 2.75) is 11.1 Å². The van der Waals surface area contributed by atoms with Crippen LogP contribution in [0.5, 0.6) is 0 Å². The number of fused-ring (bicyclic) bond motifs is 15. The Labute approximate surface area is 286 Å². The van der Waals surface area contributed by atoms with E-state index in [1.54, 1.807) is 0 Å². The summed E-state index contributed by atoms with van der Waals surface area (Å²) in [5, 5.41) is 102. The molecule has 31 heteroatoms. The molecule has 0 spiro atoms. The number of aliphatic carboxylic acids is 2. The van der Waals surface area contributed by atoms with E-state index in [2.05, 4.69) is 31.9 Å². The van der Waals surface area contributed by atoms with Crippen LogP contribution >= 0.6 is 0 Å². The molecule has 295 valence electrons. The Morgan fingerprint density at radius 2 is 0.633 bits per heavy atom. The second-order valence-electron chi connectivity index (χ2n) is 9.28. The van der Waals surface area contributed by atoms with Gasteiger partial charge in [0.25, 0.3) is 0 Å². The van der Waals surface area contributed by atoms with Gasteiger partial charge in [-0.15, -0.1) is 0 Å². The standard InChI is InChI=1S/C18H38N8O4.Cu.4NO3.2H2O/c27-15(28)7-25-17-9-19-1-2-20-10-18(26-8-16(29)30,13-23-5-3-21-11-17)14-24-6-4-22-12-17;;4*2-1(3)4;;/h19-26H,1-14H2,(H,27,28)(H,29,30);;;;;;2*1H2/q;+2;4*-1;;/p+2. The predicted molar refractivity (Wildman–Crippen MR) is 160 cm³/mol. The minimum atomic E-state index is -1.75. The zero-order valence-corrected chi connectivity index (χ0v) is 26.7. The molecule has 0 aromatic rings. The fraction of sp³-hybridized carbons (Fsp3) is 0.889. The molecule has 0 aromatic carbocycles. The predicted octanol–water partition coefficient (Wildman–Crippen LogP) is -9.28. The van der Waals surface area contributed by atoms with Gasteiger partial charge in [-0.25, -0.2) is 9.59 Å². The molecule has 3 aliphatic rings. The molecule has 3 aliphatic heterocycles. The van der Waals surface area contributed by atoms with Crippen molar-refractivity contribution in [2.75, 3.05) is 91.6 Å². The molecule has 2 bridgehead atoms. The van der Waals surface area contributed by atoms with Crippen LogP contribution in [0.4, 0.5) is 0 Å². The van der Waals surface area contributed by atoms with Crippen LogP contribution in [0.25, 0.3) is 0 Å². The fourth-order valence-corrected chi connectivity index (χ4v) is 3.97. The molecule has 3 saturated heterocycles. The third-order valence-corrected chi connectivity index (χ3v) is 5.72. The number of nitrogens with one attached hydrogen (secondary N) is 6. The van der Waals surface area contributed by atoms with Crippen molar-refractivity contribution in [1.82, 2.24) is 31.9 Å². The molecule has 49 heavy (non-hydrogen) atoms. The van der Waals surface area contributed by atoms with Gasteiger partial charge in [0.2, 0.25) is 0 Å². The first-order chi connectivity index (χ1) is 21.4. The van der Waals surface area contributed by atoms with Crippen LogP contribution in [0.1, 0.15) is 0 Å². The molecule has 16 N–H and O–H groups in total. The van der Waals surface area contributed by atoms with E-state index in [1.807, 2.05) is 10.6 Å². The Morgan fingerprint density at radius 1 is 0.490 bits per heavy atom. The van der Waals surface area contributed by atoms with Gasteiger partial charge in [0, 0.05) is 39.3 Å². The monoisotopic (exact) mass is 779 g/mol. The summed E-state index contributed by atoms with van der Waals surface area (Å²) in [5.74, 6) is -1.63. The van der Waals surface area contributed by atoms with Gasteiger partial charge in [-0.05, 0) is 0 Å². The van der Waals surface area contributed by atoms with Crippen molar-refractivity contribution < 1.29 is 78.8 Å². The maximum Gasteiger partial charge on any atom is 2.00 e. The maximum atomic E-state index is 11.2. The van der Waals surface area contributed by atoms with Crippen LogP contribution in [-0.4, -0.2) is 156 Å². The second-order valence-corrected chi connectivity index (χ2v) is 9.28. The van der Waals surface area contributed by atoms with Gasteiger partial charge in [-0.1, -0.05) is 0 Å². The third kappa shape index (κ3) is 46.0. The average molecular weight is 780 g/mol. The van der Waals surface area contributed by atoms with Gasteiger partial charge in [0.1, 0.15) is 11.1 Å². The van der Waals surface area contributed by atoms with Crippen molar-refractivity contribution in [3.8, 4) is 0 Å². The van der Waals surface area contributed by atoms with Crippen LogP contribution in [0.2, 0.25) is 0 Å². The van der Waals surface area contributed by atoms with E-state index < -0.39 is 32.3 Å². The van der Waals surface area contributed by atoms with E-state index in [4.69, 9.17) is 61.3 Å². The molecule has 1 radical (unpaired) electrons. The van der Waals surface area contributed by atoms with Crippen molar-refractivity contribution in [3.63, 3.8) is 0 Å². The van der Waals surface area contributed by atoms with Crippen molar-refractivity contribution in [2.24, 2.45) is 0 Å². The number of carboxylic acids is 2. The SMILES string of the molecule is O.O.O=C(O)C[NH2+]C12CNCCNCC([NH2+]CC(=O)O)(CNCCNC1)CNCCNC2.O=[N+]([O-])[O-].O=[N+]([O-])[O-].O=[N+]([O-])[O-].O=[N+]([O-])[O-].[Cu+2]. The third-order valence-electron chi connectivity index (χ3n) is 5.72. The largest absolute Gasteiger partial charge is 2.00 e. The number of nitrogens with two attached hydrogens (primary N) is 2. The molecule has 3 fully saturated rings. The van der Waals surface area contributed by atoms with Gasteiger partial charge in [0.15, 0.2) is 13.1 Å². The molecule has 3 rings (SSSR count). The molecule has 0 aliphatic carbocycles. The molecular weight excluding hydrogens is 736 g/mol. The Morgan fingerprint density at radius 3 is 0.755 bits per heavy atom. The number of hydrogen-bond donors (Lipinski definition) is 10. The van der Waals surface area contributed by atoms with E-state index in [9.17, 15) is 19.8 Å². The summed E-state index contributed by atoms with van der Waals surface area (Å²) < 4.78 is 0. The fourth-order valence-electron chi connectivity index (χ4n) is 3.97. The molecule has 0 atom stereocenters. The normalized spacial score (nSPS) is 20.5. The summed E-state index contributed by atoms with van der Waals surface area (Å²) in [5.41, 5.74) is -0.600. The number of rotatable bonds is 6. The van der Waals surface area contributed by atoms with E-state index >= 15 is 0 Å². The van der Waals surface area contributed by atoms with Crippen molar-refractivity contribution >= 4 is 11.9 Å². The van der Waals surface area contributed by atoms with Crippen LogP contribution in [0.15, 0.2) is 0 Å². The Balaban J connectivity index is -0.000000204. The zero-order chi connectivity index (χ0) is 36.0. The summed E-state index contributed by atoms with van der Waals surface area (Å²) in [6.45, 7) is 8.63. The Bertz CT molecular complexity index is 759. The minimum absolute atomic E-state index is 0. The molecule has 0 aromatic heterocycles. The van der Waals surface area contributed by atoms with Crippen LogP contribution in [-0.2, 0) is 26.7 Å². The Hall–Kier alpha value is -4.14. The summed E-state index contributed by atoms with van der Waals surface area (Å²) in [7, 11) is 0. The molecular formula is C18H44CuN12O18. The molecule has 0 unspecified atom stereocenters. The summed E-state index contributed by atoms with van der Waals surface area (Å²) >= 11 is 0. The molecule has 30 nitrogen and oxygen atoms in total. The topological polar surface area (TPSA) is 508 Å². The van der Waals surface area contributed by atoms with Crippen LogP contribution in [0.3, 0.4) is 0 Å². The van der Waals surface area contributed by atoms with Gasteiger partial charge in [0.05, 0.1) is 59.6 Å². The number of carboxylic acid groups (broad SMARTS) is 2. The zero-order valence-electron chi connectivity index (χ0n) is 25.8. The first-order valence-electron chi connectivity index (χ1n) is 13.0. The second kappa shape index (κ2) is 35.2. The molecule has 0 saturated carbocycles. The number of quaternary nitrogens is 2. The van der Waals surface area contributed by atoms with Crippen molar-refractivity contribution in [3.05, 3.63) is 61.3 Å². The first kappa shape index (κ1) is 57.1.